The number of halogens is 6. The number of aromatic nitrogens is 5. The molecular formula is C31H28ClF5N8O4. The summed E-state index contributed by atoms with van der Waals surface area (Å²) in [6, 6.07) is 2.47. The molecule has 0 spiro atoms. The van der Waals surface area contributed by atoms with Gasteiger partial charge in [0.1, 0.15) is 18.6 Å². The zero-order valence-electron chi connectivity index (χ0n) is 26.0. The Morgan fingerprint density at radius 3 is 2.43 bits per heavy atom. The zero-order valence-corrected chi connectivity index (χ0v) is 26.7. The van der Waals surface area contributed by atoms with Gasteiger partial charge in [-0.2, -0.15) is 13.2 Å². The number of amides is 2. The average Bonchev–Trinajstić information content (AvgIpc) is 3.71. The first-order chi connectivity index (χ1) is 23.1. The Morgan fingerprint density at radius 2 is 1.82 bits per heavy atom. The van der Waals surface area contributed by atoms with Gasteiger partial charge in [-0.25, -0.2) is 28.7 Å². The SMILES string of the molecule is CCc1c(N2CCN(C(=O)c3ncnc(C)c3O)CC2)c(=O)c2nc([C@@H]3CC3(F)F)cnc2n1CC(=O)Nc1ccc(C(F)(F)F)cc1Cl. The van der Waals surface area contributed by atoms with Crippen LogP contribution in [0.5, 0.6) is 5.75 Å². The molecular weight excluding hydrogens is 679 g/mol. The first-order valence-electron chi connectivity index (χ1n) is 15.1. The molecule has 4 aromatic rings. The summed E-state index contributed by atoms with van der Waals surface area (Å²) >= 11 is 6.05. The fourth-order valence-electron chi connectivity index (χ4n) is 5.83. The van der Waals surface area contributed by atoms with Crippen molar-refractivity contribution in [2.45, 2.75) is 51.3 Å². The highest BCUT2D eigenvalue weighted by molar-refractivity contribution is 6.33. The van der Waals surface area contributed by atoms with Crippen LogP contribution in [0, 0.1) is 6.92 Å². The first-order valence-corrected chi connectivity index (χ1v) is 15.5. The molecule has 258 valence electrons. The third-order valence-electron chi connectivity index (χ3n) is 8.54. The minimum absolute atomic E-state index is 0.0459. The van der Waals surface area contributed by atoms with Crippen LogP contribution < -0.4 is 15.6 Å². The molecule has 0 bridgehead atoms. The molecule has 2 N–H and O–H groups in total. The second-order valence-electron chi connectivity index (χ2n) is 11.7. The Balaban J connectivity index is 1.35. The molecule has 2 amide bonds. The van der Waals surface area contributed by atoms with Crippen LogP contribution in [-0.4, -0.2) is 78.4 Å². The van der Waals surface area contributed by atoms with E-state index in [1.54, 1.807) is 11.8 Å². The smallest absolute Gasteiger partial charge is 0.416 e. The lowest BCUT2D eigenvalue weighted by Crippen LogP contribution is -2.50. The van der Waals surface area contributed by atoms with Crippen molar-refractivity contribution in [3.63, 3.8) is 0 Å². The molecule has 3 aromatic heterocycles. The molecule has 0 unspecified atom stereocenters. The monoisotopic (exact) mass is 706 g/mol. The summed E-state index contributed by atoms with van der Waals surface area (Å²) in [5.41, 5.74) is -1.49. The molecule has 18 heteroatoms. The number of alkyl halides is 5. The number of carbonyl (C=O) groups excluding carboxylic acids is 2. The van der Waals surface area contributed by atoms with Gasteiger partial charge in [-0.1, -0.05) is 18.5 Å². The van der Waals surface area contributed by atoms with E-state index in [-0.39, 0.29) is 83.0 Å². The summed E-state index contributed by atoms with van der Waals surface area (Å²) in [6.45, 7) is 3.31. The van der Waals surface area contributed by atoms with E-state index in [2.05, 4.69) is 25.3 Å². The standard InChI is InChI=1S/C31H28ClF5N8O4/c1-3-21-25(43-6-8-44(9-7-43)29(49)24-26(47)15(2)39-14-40-24)27(48)23-28(38-12-20(42-23)17-11-30(17,33)34)45(21)13-22(46)41-19-5-4-16(10-18(19)32)31(35,36)37/h4-5,10,12,14,17,47H,3,6-9,11,13H2,1-2H3,(H,41,46)/t17-/m0/s1. The van der Waals surface area contributed by atoms with Crippen LogP contribution in [0.2, 0.25) is 5.02 Å². The van der Waals surface area contributed by atoms with E-state index in [9.17, 15) is 41.4 Å². The number of carbonyl (C=O) groups is 2. The number of nitrogens with one attached hydrogen (secondary N) is 1. The predicted octanol–water partition coefficient (Wildman–Crippen LogP) is 4.55. The van der Waals surface area contributed by atoms with E-state index in [1.165, 1.54) is 16.4 Å². The van der Waals surface area contributed by atoms with Gasteiger partial charge in [-0.3, -0.25) is 14.4 Å². The molecule has 49 heavy (non-hydrogen) atoms. The Hall–Kier alpha value is -4.93. The molecule has 1 aliphatic heterocycles. The van der Waals surface area contributed by atoms with Crippen LogP contribution >= 0.6 is 11.6 Å². The molecule has 12 nitrogen and oxygen atoms in total. The van der Waals surface area contributed by atoms with Crippen LogP contribution in [0.4, 0.5) is 33.3 Å². The average molecular weight is 707 g/mol. The maximum atomic E-state index is 14.1. The zero-order chi connectivity index (χ0) is 35.4. The predicted molar refractivity (Wildman–Crippen MR) is 167 cm³/mol. The lowest BCUT2D eigenvalue weighted by Gasteiger charge is -2.37. The van der Waals surface area contributed by atoms with E-state index in [1.807, 2.05) is 0 Å². The summed E-state index contributed by atoms with van der Waals surface area (Å²) in [6.07, 6.45) is -2.59. The van der Waals surface area contributed by atoms with Crippen molar-refractivity contribution in [3.8, 4) is 5.75 Å². The van der Waals surface area contributed by atoms with Gasteiger partial charge in [0.15, 0.2) is 22.6 Å². The minimum atomic E-state index is -4.65. The minimum Gasteiger partial charge on any atom is -0.504 e. The topological polar surface area (TPSA) is 146 Å². The van der Waals surface area contributed by atoms with E-state index in [0.717, 1.165) is 24.7 Å². The van der Waals surface area contributed by atoms with Crippen molar-refractivity contribution in [3.05, 3.63) is 74.3 Å². The number of nitrogens with zero attached hydrogens (tertiary/aromatic N) is 7. The fourth-order valence-corrected chi connectivity index (χ4v) is 6.06. The Labute approximate surface area is 279 Å². The lowest BCUT2D eigenvalue weighted by atomic mass is 10.1. The number of aryl methyl sites for hydroxylation is 1. The van der Waals surface area contributed by atoms with Crippen molar-refractivity contribution in [2.75, 3.05) is 36.4 Å². The van der Waals surface area contributed by atoms with E-state index < -0.39 is 53.8 Å². The summed E-state index contributed by atoms with van der Waals surface area (Å²) in [4.78, 5) is 60.1. The summed E-state index contributed by atoms with van der Waals surface area (Å²) in [7, 11) is 0. The van der Waals surface area contributed by atoms with Gasteiger partial charge in [0.25, 0.3) is 11.8 Å². The van der Waals surface area contributed by atoms with Gasteiger partial charge in [-0.15, -0.1) is 0 Å². The molecule has 4 heterocycles. The lowest BCUT2D eigenvalue weighted by molar-refractivity contribution is -0.137. The molecule has 1 atom stereocenters. The third-order valence-corrected chi connectivity index (χ3v) is 8.85. The van der Waals surface area contributed by atoms with Gasteiger partial charge in [0.05, 0.1) is 39.8 Å². The van der Waals surface area contributed by atoms with Gasteiger partial charge in [-0.05, 0) is 31.5 Å². The maximum Gasteiger partial charge on any atom is 0.416 e. The third kappa shape index (κ3) is 6.46. The van der Waals surface area contributed by atoms with E-state index in [4.69, 9.17) is 11.6 Å². The second-order valence-corrected chi connectivity index (χ2v) is 12.1. The maximum absolute atomic E-state index is 14.1. The Morgan fingerprint density at radius 1 is 1.12 bits per heavy atom. The number of benzene rings is 1. The molecule has 1 aromatic carbocycles. The van der Waals surface area contributed by atoms with Crippen LogP contribution in [-0.2, 0) is 23.9 Å². The molecule has 0 radical (unpaired) electrons. The van der Waals surface area contributed by atoms with Crippen molar-refractivity contribution >= 4 is 46.0 Å². The van der Waals surface area contributed by atoms with E-state index in [0.29, 0.717) is 11.8 Å². The molecule has 1 aliphatic carbocycles. The Kier molecular flexibility index (Phi) is 8.67. The number of pyridine rings is 1. The number of piperazine rings is 1. The van der Waals surface area contributed by atoms with Crippen molar-refractivity contribution < 1.29 is 36.6 Å². The summed E-state index contributed by atoms with van der Waals surface area (Å²) < 4.78 is 68.8. The largest absolute Gasteiger partial charge is 0.504 e. The number of hydrogen-bond donors (Lipinski definition) is 2. The van der Waals surface area contributed by atoms with Crippen molar-refractivity contribution in [2.24, 2.45) is 0 Å². The van der Waals surface area contributed by atoms with Gasteiger partial charge < -0.3 is 24.8 Å². The fraction of sp³-hybridized carbons (Fsp3) is 0.387. The summed E-state index contributed by atoms with van der Waals surface area (Å²) in [5.74, 6) is -5.80. The Bertz CT molecular complexity index is 2050. The van der Waals surface area contributed by atoms with Gasteiger partial charge in [0, 0.05) is 38.3 Å². The van der Waals surface area contributed by atoms with Crippen LogP contribution in [0.3, 0.4) is 0 Å². The molecule has 6 rings (SSSR count). The highest BCUT2D eigenvalue weighted by atomic mass is 35.5. The molecule has 2 fully saturated rings. The van der Waals surface area contributed by atoms with Gasteiger partial charge >= 0.3 is 6.18 Å². The molecule has 2 aliphatic rings. The molecule has 1 saturated heterocycles. The first kappa shape index (κ1) is 34.0. The number of rotatable bonds is 7. The van der Waals surface area contributed by atoms with Gasteiger partial charge in [0.2, 0.25) is 11.3 Å². The number of anilines is 2. The second kappa shape index (κ2) is 12.5. The van der Waals surface area contributed by atoms with Crippen LogP contribution in [0.15, 0.2) is 35.5 Å². The molecule has 1 saturated carbocycles. The highest BCUT2D eigenvalue weighted by Gasteiger charge is 2.58. The number of fused-ring (bicyclic) bond motifs is 1. The quantitative estimate of drug-likeness (QED) is 0.264. The van der Waals surface area contributed by atoms with Crippen LogP contribution in [0.1, 0.15) is 52.4 Å². The van der Waals surface area contributed by atoms with Crippen molar-refractivity contribution in [1.29, 1.82) is 0 Å². The van der Waals surface area contributed by atoms with Crippen LogP contribution in [0.25, 0.3) is 11.2 Å². The van der Waals surface area contributed by atoms with Crippen molar-refractivity contribution in [1.82, 2.24) is 29.4 Å². The normalized spacial score (nSPS) is 17.3. The van der Waals surface area contributed by atoms with E-state index >= 15 is 0 Å². The number of hydrogen-bond acceptors (Lipinski definition) is 9. The summed E-state index contributed by atoms with van der Waals surface area (Å²) in [5, 5.41) is 12.5. The highest BCUT2D eigenvalue weighted by Crippen LogP contribution is 2.55. The number of aromatic hydroxyl groups is 1.